The van der Waals surface area contributed by atoms with Crippen molar-refractivity contribution in [2.24, 2.45) is 0 Å². The van der Waals surface area contributed by atoms with Gasteiger partial charge in [-0.1, -0.05) is 53.5 Å². The van der Waals surface area contributed by atoms with Crippen LogP contribution in [-0.2, 0) is 0 Å². The molecular formula is C12H10BCl. The highest BCUT2D eigenvalue weighted by Crippen LogP contribution is 2.18. The van der Waals surface area contributed by atoms with Crippen molar-refractivity contribution in [1.29, 1.82) is 0 Å². The van der Waals surface area contributed by atoms with Crippen LogP contribution >= 0.6 is 11.6 Å². The molecule has 0 nitrogen and oxygen atoms in total. The fourth-order valence-electron chi connectivity index (χ4n) is 1.57. The third-order valence-electron chi connectivity index (χ3n) is 2.27. The number of hydrogen-bond donors (Lipinski definition) is 0. The van der Waals surface area contributed by atoms with Crippen molar-refractivity contribution in [2.75, 3.05) is 0 Å². The average molecular weight is 200 g/mol. The van der Waals surface area contributed by atoms with Gasteiger partial charge in [0.25, 0.3) is 0 Å². The molecule has 2 rings (SSSR count). The third-order valence-corrected chi connectivity index (χ3v) is 2.51. The second-order valence-electron chi connectivity index (χ2n) is 3.33. The average Bonchev–Trinajstić information content (AvgIpc) is 2.19. The number of rotatable bonds is 1. The van der Waals surface area contributed by atoms with Gasteiger partial charge in [-0.05, 0) is 23.3 Å². The summed E-state index contributed by atoms with van der Waals surface area (Å²) >= 11 is 5.90. The first kappa shape index (κ1) is 9.35. The highest BCUT2D eigenvalue weighted by atomic mass is 35.5. The minimum atomic E-state index is 0.794. The lowest BCUT2D eigenvalue weighted by molar-refractivity contribution is 1.65. The molecule has 0 atom stereocenters. The molecule has 0 heterocycles. The summed E-state index contributed by atoms with van der Waals surface area (Å²) in [5.74, 6) is 0. The summed E-state index contributed by atoms with van der Waals surface area (Å²) < 4.78 is 0. The number of benzene rings is 2. The van der Waals surface area contributed by atoms with E-state index in [2.05, 4.69) is 26.0 Å². The molecule has 0 N–H and O–H groups in total. The zero-order valence-electron chi connectivity index (χ0n) is 8.00. The minimum Gasteiger partial charge on any atom is -0.0844 e. The first-order valence-electron chi connectivity index (χ1n) is 4.59. The Morgan fingerprint density at radius 3 is 2.29 bits per heavy atom. The quantitative estimate of drug-likeness (QED) is 0.620. The Morgan fingerprint density at radius 1 is 0.929 bits per heavy atom. The summed E-state index contributed by atoms with van der Waals surface area (Å²) in [7, 11) is 2.08. The molecule has 2 heteroatoms. The molecule has 0 saturated heterocycles. The van der Waals surface area contributed by atoms with Crippen molar-refractivity contribution in [3.05, 3.63) is 53.6 Å². The van der Waals surface area contributed by atoms with Gasteiger partial charge in [0, 0.05) is 5.02 Å². The molecule has 0 spiro atoms. The summed E-state index contributed by atoms with van der Waals surface area (Å²) in [5.41, 5.74) is 3.69. The maximum Gasteiger partial charge on any atom is 0.140 e. The van der Waals surface area contributed by atoms with E-state index in [1.165, 1.54) is 16.6 Å². The Bertz CT molecular complexity index is 437. The molecule has 0 aliphatic carbocycles. The van der Waals surface area contributed by atoms with Gasteiger partial charge in [-0.2, -0.15) is 0 Å². The Hall–Kier alpha value is -1.21. The molecule has 0 fully saturated rings. The Balaban J connectivity index is 2.53. The van der Waals surface area contributed by atoms with E-state index in [0.717, 1.165) is 5.02 Å². The highest BCUT2D eigenvalue weighted by molar-refractivity contribution is 6.38. The maximum atomic E-state index is 5.90. The summed E-state index contributed by atoms with van der Waals surface area (Å²) in [6, 6.07) is 16.3. The number of halogens is 1. The molecule has 2 aromatic carbocycles. The van der Waals surface area contributed by atoms with E-state index in [1.54, 1.807) is 0 Å². The lowest BCUT2D eigenvalue weighted by Crippen LogP contribution is -2.05. The first-order valence-corrected chi connectivity index (χ1v) is 4.97. The molecule has 0 radical (unpaired) electrons. The van der Waals surface area contributed by atoms with Crippen LogP contribution in [0.25, 0.3) is 11.1 Å². The van der Waals surface area contributed by atoms with Crippen LogP contribution in [0.15, 0.2) is 48.5 Å². The molecule has 0 bridgehead atoms. The van der Waals surface area contributed by atoms with Gasteiger partial charge in [0.05, 0.1) is 0 Å². The third kappa shape index (κ3) is 1.83. The van der Waals surface area contributed by atoms with E-state index in [9.17, 15) is 0 Å². The molecule has 0 aromatic heterocycles. The molecule has 68 valence electrons. The lowest BCUT2D eigenvalue weighted by atomic mass is 9.87. The SMILES string of the molecule is Bc1cc(Cl)ccc1-c1ccccc1. The van der Waals surface area contributed by atoms with Crippen molar-refractivity contribution in [1.82, 2.24) is 0 Å². The minimum absolute atomic E-state index is 0.794. The van der Waals surface area contributed by atoms with E-state index in [0.29, 0.717) is 0 Å². The zero-order chi connectivity index (χ0) is 9.97. The first-order chi connectivity index (χ1) is 6.77. The topological polar surface area (TPSA) is 0 Å². The van der Waals surface area contributed by atoms with Gasteiger partial charge >= 0.3 is 0 Å². The predicted molar refractivity (Wildman–Crippen MR) is 65.1 cm³/mol. The summed E-state index contributed by atoms with van der Waals surface area (Å²) in [5, 5.41) is 0.794. The molecular weight excluding hydrogens is 190 g/mol. The van der Waals surface area contributed by atoms with Crippen LogP contribution in [0.1, 0.15) is 0 Å². The summed E-state index contributed by atoms with van der Waals surface area (Å²) in [4.78, 5) is 0. The van der Waals surface area contributed by atoms with E-state index >= 15 is 0 Å². The van der Waals surface area contributed by atoms with Crippen LogP contribution in [0.2, 0.25) is 5.02 Å². The lowest BCUT2D eigenvalue weighted by Gasteiger charge is -2.05. The Kier molecular flexibility index (Phi) is 2.60. The second kappa shape index (κ2) is 3.89. The van der Waals surface area contributed by atoms with E-state index in [-0.39, 0.29) is 0 Å². The van der Waals surface area contributed by atoms with E-state index in [4.69, 9.17) is 11.6 Å². The maximum absolute atomic E-state index is 5.90. The van der Waals surface area contributed by atoms with Crippen LogP contribution in [0.4, 0.5) is 0 Å². The van der Waals surface area contributed by atoms with Crippen molar-refractivity contribution in [3.8, 4) is 11.1 Å². The fraction of sp³-hybridized carbons (Fsp3) is 0. The van der Waals surface area contributed by atoms with Gasteiger partial charge in [0.2, 0.25) is 0 Å². The monoisotopic (exact) mass is 200 g/mol. The van der Waals surface area contributed by atoms with E-state index in [1.807, 2.05) is 30.3 Å². The zero-order valence-corrected chi connectivity index (χ0v) is 8.75. The van der Waals surface area contributed by atoms with Gasteiger partial charge in [0.1, 0.15) is 7.85 Å². The Labute approximate surface area is 89.9 Å². The van der Waals surface area contributed by atoms with Gasteiger partial charge in [0.15, 0.2) is 0 Å². The molecule has 0 saturated carbocycles. The molecule has 0 aliphatic heterocycles. The van der Waals surface area contributed by atoms with Crippen LogP contribution in [0.5, 0.6) is 0 Å². The van der Waals surface area contributed by atoms with Gasteiger partial charge in [-0.25, -0.2) is 0 Å². The predicted octanol–water partition coefficient (Wildman–Crippen LogP) is 2.27. The molecule has 0 amide bonds. The van der Waals surface area contributed by atoms with Crippen LogP contribution in [-0.4, -0.2) is 7.85 Å². The van der Waals surface area contributed by atoms with Crippen LogP contribution in [0.3, 0.4) is 0 Å². The van der Waals surface area contributed by atoms with Crippen LogP contribution < -0.4 is 5.46 Å². The fourth-order valence-corrected chi connectivity index (χ4v) is 1.80. The second-order valence-corrected chi connectivity index (χ2v) is 3.76. The summed E-state index contributed by atoms with van der Waals surface area (Å²) in [6.45, 7) is 0. The van der Waals surface area contributed by atoms with Crippen molar-refractivity contribution >= 4 is 24.9 Å². The largest absolute Gasteiger partial charge is 0.140 e. The highest BCUT2D eigenvalue weighted by Gasteiger charge is 2.00. The molecule has 0 unspecified atom stereocenters. The standard InChI is InChI=1S/C12H10BCl/c13-12-8-10(14)6-7-11(12)9-4-2-1-3-5-9/h1-8H,13H2. The molecule has 14 heavy (non-hydrogen) atoms. The molecule has 2 aromatic rings. The molecule has 0 aliphatic rings. The van der Waals surface area contributed by atoms with Gasteiger partial charge in [-0.15, -0.1) is 0 Å². The van der Waals surface area contributed by atoms with E-state index < -0.39 is 0 Å². The van der Waals surface area contributed by atoms with Crippen molar-refractivity contribution in [2.45, 2.75) is 0 Å². The van der Waals surface area contributed by atoms with Crippen molar-refractivity contribution < 1.29 is 0 Å². The normalized spacial score (nSPS) is 10.1. The smallest absolute Gasteiger partial charge is 0.0844 e. The number of hydrogen-bond acceptors (Lipinski definition) is 0. The van der Waals surface area contributed by atoms with Gasteiger partial charge in [-0.3, -0.25) is 0 Å². The van der Waals surface area contributed by atoms with Crippen LogP contribution in [0, 0.1) is 0 Å². The summed E-state index contributed by atoms with van der Waals surface area (Å²) in [6.07, 6.45) is 0. The van der Waals surface area contributed by atoms with Crippen molar-refractivity contribution in [3.63, 3.8) is 0 Å². The van der Waals surface area contributed by atoms with Gasteiger partial charge < -0.3 is 0 Å². The Morgan fingerprint density at radius 2 is 1.64 bits per heavy atom.